The molecule has 2 aliphatic heterocycles. The van der Waals surface area contributed by atoms with Gasteiger partial charge in [0.15, 0.2) is 15.8 Å². The SMILES string of the molecule is CN=C(NCCN1CCS(=O)(=O)CC1)N1CCN(c2cnn(C)c2)C(=O)C1. The van der Waals surface area contributed by atoms with Crippen LogP contribution in [0.2, 0.25) is 0 Å². The van der Waals surface area contributed by atoms with Gasteiger partial charge in [0.1, 0.15) is 6.54 Å². The van der Waals surface area contributed by atoms with Gasteiger partial charge in [-0.1, -0.05) is 0 Å². The second kappa shape index (κ2) is 8.26. The largest absolute Gasteiger partial charge is 0.355 e. The van der Waals surface area contributed by atoms with E-state index < -0.39 is 9.84 Å². The molecule has 11 heteroatoms. The van der Waals surface area contributed by atoms with Crippen LogP contribution in [-0.4, -0.2) is 104 Å². The number of hydrogen-bond donors (Lipinski definition) is 1. The summed E-state index contributed by atoms with van der Waals surface area (Å²) in [7, 11) is 0.676. The molecule has 0 saturated carbocycles. The third-order valence-electron chi connectivity index (χ3n) is 4.88. The third-order valence-corrected chi connectivity index (χ3v) is 6.49. The van der Waals surface area contributed by atoms with Crippen molar-refractivity contribution in [1.29, 1.82) is 0 Å². The summed E-state index contributed by atoms with van der Waals surface area (Å²) in [5.74, 6) is 1.16. The number of guanidine groups is 1. The first kappa shape index (κ1) is 19.6. The predicted octanol–water partition coefficient (Wildman–Crippen LogP) is -1.63. The van der Waals surface area contributed by atoms with Crippen molar-refractivity contribution in [2.75, 3.05) is 69.3 Å². The number of anilines is 1. The molecule has 0 atom stereocenters. The Kier molecular flexibility index (Phi) is 6.00. The van der Waals surface area contributed by atoms with E-state index in [9.17, 15) is 13.2 Å². The van der Waals surface area contributed by atoms with Gasteiger partial charge in [-0.25, -0.2) is 8.42 Å². The lowest BCUT2D eigenvalue weighted by Gasteiger charge is -2.35. The van der Waals surface area contributed by atoms with Gasteiger partial charge >= 0.3 is 0 Å². The summed E-state index contributed by atoms with van der Waals surface area (Å²) in [6.07, 6.45) is 3.53. The van der Waals surface area contributed by atoms with Gasteiger partial charge in [0, 0.05) is 59.6 Å². The van der Waals surface area contributed by atoms with Gasteiger partial charge in [0.05, 0.1) is 23.4 Å². The molecule has 150 valence electrons. The fourth-order valence-electron chi connectivity index (χ4n) is 3.31. The molecule has 0 aliphatic carbocycles. The molecule has 1 aromatic heterocycles. The lowest BCUT2D eigenvalue weighted by molar-refractivity contribution is -0.120. The molecule has 3 heterocycles. The molecule has 0 aromatic carbocycles. The number of nitrogens with one attached hydrogen (secondary N) is 1. The van der Waals surface area contributed by atoms with Crippen LogP contribution in [0.25, 0.3) is 0 Å². The van der Waals surface area contributed by atoms with Gasteiger partial charge in [0.25, 0.3) is 0 Å². The number of aryl methyl sites for hydroxylation is 1. The van der Waals surface area contributed by atoms with Gasteiger partial charge in [-0.05, 0) is 0 Å². The van der Waals surface area contributed by atoms with Crippen molar-refractivity contribution in [2.24, 2.45) is 12.0 Å². The standard InChI is InChI=1S/C16H27N7O3S/c1-17-16(18-3-4-21-7-9-27(25,26)10-8-21)22-5-6-23(15(24)13-22)14-11-19-20(2)12-14/h11-12H,3-10,13H2,1-2H3,(H,17,18). The summed E-state index contributed by atoms with van der Waals surface area (Å²) < 4.78 is 24.6. The van der Waals surface area contributed by atoms with Crippen molar-refractivity contribution in [3.05, 3.63) is 12.4 Å². The minimum atomic E-state index is -2.85. The van der Waals surface area contributed by atoms with Gasteiger partial charge in [0.2, 0.25) is 5.91 Å². The summed E-state index contributed by atoms with van der Waals surface area (Å²) in [5.41, 5.74) is 0.810. The fourth-order valence-corrected chi connectivity index (χ4v) is 4.58. The lowest BCUT2D eigenvalue weighted by Crippen LogP contribution is -2.56. The Labute approximate surface area is 159 Å². The van der Waals surface area contributed by atoms with Gasteiger partial charge in [-0.15, -0.1) is 0 Å². The molecule has 1 amide bonds. The van der Waals surface area contributed by atoms with Crippen molar-refractivity contribution < 1.29 is 13.2 Å². The minimum Gasteiger partial charge on any atom is -0.355 e. The van der Waals surface area contributed by atoms with E-state index in [-0.39, 0.29) is 24.0 Å². The molecule has 0 bridgehead atoms. The first-order valence-corrected chi connectivity index (χ1v) is 10.9. The average molecular weight is 398 g/mol. The van der Waals surface area contributed by atoms with Crippen LogP contribution >= 0.6 is 0 Å². The number of aliphatic imine (C=N–C) groups is 1. The highest BCUT2D eigenvalue weighted by Gasteiger charge is 2.28. The number of nitrogens with zero attached hydrogens (tertiary/aromatic N) is 6. The van der Waals surface area contributed by atoms with Crippen LogP contribution < -0.4 is 10.2 Å². The molecule has 3 rings (SSSR count). The number of carbonyl (C=O) groups is 1. The van der Waals surface area contributed by atoms with E-state index in [0.717, 1.165) is 12.2 Å². The van der Waals surface area contributed by atoms with Crippen molar-refractivity contribution in [3.63, 3.8) is 0 Å². The topological polar surface area (TPSA) is 103 Å². The van der Waals surface area contributed by atoms with Gasteiger partial charge in [-0.3, -0.25) is 19.4 Å². The number of amides is 1. The highest BCUT2D eigenvalue weighted by atomic mass is 32.2. The zero-order valence-corrected chi connectivity index (χ0v) is 16.7. The Balaban J connectivity index is 1.47. The fraction of sp³-hybridized carbons (Fsp3) is 0.688. The monoisotopic (exact) mass is 397 g/mol. The first-order valence-electron chi connectivity index (χ1n) is 9.05. The van der Waals surface area contributed by atoms with E-state index in [1.165, 1.54) is 0 Å². The second-order valence-electron chi connectivity index (χ2n) is 6.81. The smallest absolute Gasteiger partial charge is 0.246 e. The molecular formula is C16H27N7O3S. The van der Waals surface area contributed by atoms with E-state index in [0.29, 0.717) is 38.7 Å². The van der Waals surface area contributed by atoms with Crippen LogP contribution in [0.15, 0.2) is 17.4 Å². The van der Waals surface area contributed by atoms with E-state index >= 15 is 0 Å². The first-order chi connectivity index (χ1) is 12.9. The molecule has 1 aromatic rings. The molecule has 1 N–H and O–H groups in total. The highest BCUT2D eigenvalue weighted by Crippen LogP contribution is 2.16. The van der Waals surface area contributed by atoms with Gasteiger partial charge < -0.3 is 15.1 Å². The number of aromatic nitrogens is 2. The van der Waals surface area contributed by atoms with Crippen LogP contribution in [0.5, 0.6) is 0 Å². The lowest BCUT2D eigenvalue weighted by atomic mass is 10.3. The van der Waals surface area contributed by atoms with E-state index in [4.69, 9.17) is 0 Å². The molecule has 2 aliphatic rings. The Bertz CT molecular complexity index is 791. The Hall–Kier alpha value is -2.14. The van der Waals surface area contributed by atoms with Crippen LogP contribution in [0.4, 0.5) is 5.69 Å². The van der Waals surface area contributed by atoms with Crippen molar-refractivity contribution in [3.8, 4) is 0 Å². The number of sulfone groups is 1. The Morgan fingerprint density at radius 3 is 2.59 bits per heavy atom. The second-order valence-corrected chi connectivity index (χ2v) is 9.11. The summed E-state index contributed by atoms with van der Waals surface area (Å²) in [4.78, 5) is 22.6. The van der Waals surface area contributed by atoms with E-state index in [1.807, 2.05) is 18.1 Å². The molecule has 27 heavy (non-hydrogen) atoms. The molecule has 2 fully saturated rings. The molecular weight excluding hydrogens is 370 g/mol. The van der Waals surface area contributed by atoms with Crippen molar-refractivity contribution >= 4 is 27.4 Å². The Morgan fingerprint density at radius 2 is 2.00 bits per heavy atom. The average Bonchev–Trinajstić information content (AvgIpc) is 3.06. The molecule has 0 unspecified atom stereocenters. The molecule has 10 nitrogen and oxygen atoms in total. The highest BCUT2D eigenvalue weighted by molar-refractivity contribution is 7.91. The zero-order chi connectivity index (χ0) is 19.4. The predicted molar refractivity (Wildman–Crippen MR) is 104 cm³/mol. The van der Waals surface area contributed by atoms with Crippen molar-refractivity contribution in [2.45, 2.75) is 0 Å². The van der Waals surface area contributed by atoms with Crippen LogP contribution in [-0.2, 0) is 21.7 Å². The number of carbonyl (C=O) groups excluding carboxylic acids is 1. The normalized spacial score (nSPS) is 21.6. The molecule has 2 saturated heterocycles. The minimum absolute atomic E-state index is 0.0124. The summed E-state index contributed by atoms with van der Waals surface area (Å²) >= 11 is 0. The van der Waals surface area contributed by atoms with E-state index in [1.54, 1.807) is 22.8 Å². The number of hydrogen-bond acceptors (Lipinski definition) is 6. The van der Waals surface area contributed by atoms with Gasteiger partial charge in [-0.2, -0.15) is 5.10 Å². The zero-order valence-electron chi connectivity index (χ0n) is 15.8. The summed E-state index contributed by atoms with van der Waals surface area (Å²) in [6, 6.07) is 0. The van der Waals surface area contributed by atoms with Crippen molar-refractivity contribution in [1.82, 2.24) is 24.9 Å². The van der Waals surface area contributed by atoms with E-state index in [2.05, 4.69) is 20.3 Å². The summed E-state index contributed by atoms with van der Waals surface area (Å²) in [6.45, 7) is 4.08. The maximum absolute atomic E-state index is 12.5. The van der Waals surface area contributed by atoms with Crippen LogP contribution in [0, 0.1) is 0 Å². The number of piperazine rings is 1. The third kappa shape index (κ3) is 4.98. The van der Waals surface area contributed by atoms with Crippen LogP contribution in [0.1, 0.15) is 0 Å². The number of rotatable bonds is 4. The molecule has 0 radical (unpaired) electrons. The Morgan fingerprint density at radius 1 is 1.26 bits per heavy atom. The quantitative estimate of drug-likeness (QED) is 0.481. The maximum atomic E-state index is 12.5. The summed E-state index contributed by atoms with van der Waals surface area (Å²) in [5, 5.41) is 7.41. The molecule has 0 spiro atoms. The van der Waals surface area contributed by atoms with Crippen LogP contribution in [0.3, 0.4) is 0 Å². The maximum Gasteiger partial charge on any atom is 0.246 e.